The van der Waals surface area contributed by atoms with Gasteiger partial charge in [-0.15, -0.1) is 0 Å². The van der Waals surface area contributed by atoms with Crippen LogP contribution in [0.4, 0.5) is 4.39 Å². The summed E-state index contributed by atoms with van der Waals surface area (Å²) in [6.45, 7) is 5.86. The first kappa shape index (κ1) is 13.9. The molecule has 0 atom stereocenters. The predicted octanol–water partition coefficient (Wildman–Crippen LogP) is 1.94. The molecule has 0 radical (unpaired) electrons. The third kappa shape index (κ3) is 5.65. The summed E-state index contributed by atoms with van der Waals surface area (Å²) < 4.78 is 18.5. The second-order valence-electron chi connectivity index (χ2n) is 4.39. The van der Waals surface area contributed by atoms with Crippen LogP contribution >= 0.6 is 0 Å². The fraction of sp³-hybridized carbons (Fsp3) is 0.538. The van der Waals surface area contributed by atoms with E-state index >= 15 is 0 Å². The molecule has 0 aliphatic heterocycles. The van der Waals surface area contributed by atoms with Crippen LogP contribution < -0.4 is 10.1 Å². The highest BCUT2D eigenvalue weighted by molar-refractivity contribution is 5.29. The summed E-state index contributed by atoms with van der Waals surface area (Å²) in [6, 6.07) is 4.59. The Bertz CT molecular complexity index is 342. The van der Waals surface area contributed by atoms with Gasteiger partial charge in [-0.05, 0) is 30.2 Å². The van der Waals surface area contributed by atoms with Crippen molar-refractivity contribution in [1.29, 1.82) is 0 Å². The van der Waals surface area contributed by atoms with Crippen molar-refractivity contribution in [3.05, 3.63) is 29.6 Å². The molecule has 0 aliphatic rings. The maximum Gasteiger partial charge on any atom is 0.127 e. The van der Waals surface area contributed by atoms with Gasteiger partial charge in [0, 0.05) is 12.6 Å². The van der Waals surface area contributed by atoms with E-state index in [2.05, 4.69) is 19.2 Å². The van der Waals surface area contributed by atoms with E-state index in [-0.39, 0.29) is 19.0 Å². The lowest BCUT2D eigenvalue weighted by Crippen LogP contribution is -2.19. The molecule has 0 unspecified atom stereocenters. The van der Waals surface area contributed by atoms with Gasteiger partial charge in [-0.3, -0.25) is 0 Å². The van der Waals surface area contributed by atoms with Crippen LogP contribution in [0.2, 0.25) is 0 Å². The van der Waals surface area contributed by atoms with E-state index in [1.807, 2.05) is 0 Å². The van der Waals surface area contributed by atoms with E-state index in [1.54, 1.807) is 6.07 Å². The number of aliphatic hydroxyl groups excluding tert-OH is 1. The molecule has 0 aromatic heterocycles. The van der Waals surface area contributed by atoms with Crippen molar-refractivity contribution < 1.29 is 14.2 Å². The molecular formula is C13H20FNO2. The zero-order valence-corrected chi connectivity index (χ0v) is 10.4. The van der Waals surface area contributed by atoms with Gasteiger partial charge in [-0.25, -0.2) is 4.39 Å². The average Bonchev–Trinajstić information content (AvgIpc) is 2.25. The highest BCUT2D eigenvalue weighted by atomic mass is 19.1. The number of rotatable bonds is 7. The molecule has 0 amide bonds. The second-order valence-corrected chi connectivity index (χ2v) is 4.39. The Kier molecular flexibility index (Phi) is 5.94. The predicted molar refractivity (Wildman–Crippen MR) is 65.5 cm³/mol. The van der Waals surface area contributed by atoms with Crippen molar-refractivity contribution in [1.82, 2.24) is 5.32 Å². The Balaban J connectivity index is 2.55. The topological polar surface area (TPSA) is 41.5 Å². The standard InChI is InChI=1S/C13H20FNO2/c1-10(2)8-15-9-11-5-12(14)7-13(6-11)17-4-3-16/h5-7,10,15-16H,3-4,8-9H2,1-2H3. The van der Waals surface area contributed by atoms with Crippen molar-refractivity contribution in [3.8, 4) is 5.75 Å². The summed E-state index contributed by atoms with van der Waals surface area (Å²) in [7, 11) is 0. The van der Waals surface area contributed by atoms with Crippen LogP contribution in [0.1, 0.15) is 19.4 Å². The smallest absolute Gasteiger partial charge is 0.127 e. The highest BCUT2D eigenvalue weighted by Crippen LogP contribution is 2.16. The monoisotopic (exact) mass is 241 g/mol. The summed E-state index contributed by atoms with van der Waals surface area (Å²) in [5, 5.41) is 11.9. The van der Waals surface area contributed by atoms with E-state index in [4.69, 9.17) is 9.84 Å². The van der Waals surface area contributed by atoms with Crippen LogP contribution in [0.5, 0.6) is 5.75 Å². The lowest BCUT2D eigenvalue weighted by molar-refractivity contribution is 0.201. The molecule has 0 heterocycles. The zero-order chi connectivity index (χ0) is 12.7. The van der Waals surface area contributed by atoms with Gasteiger partial charge >= 0.3 is 0 Å². The fourth-order valence-corrected chi connectivity index (χ4v) is 1.47. The maximum atomic E-state index is 13.3. The molecular weight excluding hydrogens is 221 g/mol. The quantitative estimate of drug-likeness (QED) is 0.766. The molecule has 4 heteroatoms. The van der Waals surface area contributed by atoms with Crippen molar-refractivity contribution in [3.63, 3.8) is 0 Å². The number of ether oxygens (including phenoxy) is 1. The van der Waals surface area contributed by atoms with Gasteiger partial charge in [0.1, 0.15) is 18.2 Å². The van der Waals surface area contributed by atoms with Crippen molar-refractivity contribution in [2.24, 2.45) is 5.92 Å². The lowest BCUT2D eigenvalue weighted by atomic mass is 10.2. The number of halogens is 1. The van der Waals surface area contributed by atoms with Gasteiger partial charge in [-0.1, -0.05) is 13.8 Å². The van der Waals surface area contributed by atoms with Crippen LogP contribution in [-0.4, -0.2) is 24.9 Å². The second kappa shape index (κ2) is 7.25. The molecule has 1 aromatic rings. The third-order valence-electron chi connectivity index (χ3n) is 2.17. The van der Waals surface area contributed by atoms with E-state index in [0.29, 0.717) is 18.2 Å². The van der Waals surface area contributed by atoms with Crippen molar-refractivity contribution in [2.45, 2.75) is 20.4 Å². The minimum absolute atomic E-state index is 0.0720. The van der Waals surface area contributed by atoms with Gasteiger partial charge in [-0.2, -0.15) is 0 Å². The molecule has 2 N–H and O–H groups in total. The number of nitrogens with one attached hydrogen (secondary N) is 1. The maximum absolute atomic E-state index is 13.3. The number of aliphatic hydroxyl groups is 1. The Hall–Kier alpha value is -1.13. The van der Waals surface area contributed by atoms with Gasteiger partial charge in [0.15, 0.2) is 0 Å². The Morgan fingerprint density at radius 3 is 2.76 bits per heavy atom. The first-order chi connectivity index (χ1) is 8.11. The first-order valence-corrected chi connectivity index (χ1v) is 5.85. The molecule has 0 fully saturated rings. The van der Waals surface area contributed by atoms with Crippen LogP contribution in [-0.2, 0) is 6.54 Å². The van der Waals surface area contributed by atoms with Crippen molar-refractivity contribution in [2.75, 3.05) is 19.8 Å². The summed E-state index contributed by atoms with van der Waals surface area (Å²) in [4.78, 5) is 0. The molecule has 96 valence electrons. The molecule has 1 rings (SSSR count). The molecule has 0 saturated heterocycles. The van der Waals surface area contributed by atoms with Gasteiger partial charge in [0.2, 0.25) is 0 Å². The summed E-state index contributed by atoms with van der Waals surface area (Å²) in [5.41, 5.74) is 0.846. The van der Waals surface area contributed by atoms with Crippen LogP contribution in [0.25, 0.3) is 0 Å². The largest absolute Gasteiger partial charge is 0.491 e. The third-order valence-corrected chi connectivity index (χ3v) is 2.17. The lowest BCUT2D eigenvalue weighted by Gasteiger charge is -2.10. The normalized spacial score (nSPS) is 10.9. The van der Waals surface area contributed by atoms with Gasteiger partial charge in [0.25, 0.3) is 0 Å². The molecule has 0 spiro atoms. The Morgan fingerprint density at radius 1 is 1.35 bits per heavy atom. The van der Waals surface area contributed by atoms with Crippen LogP contribution in [0.15, 0.2) is 18.2 Å². The molecule has 1 aromatic carbocycles. The number of benzene rings is 1. The van der Waals surface area contributed by atoms with Crippen LogP contribution in [0.3, 0.4) is 0 Å². The minimum atomic E-state index is -0.318. The average molecular weight is 241 g/mol. The van der Waals surface area contributed by atoms with Gasteiger partial charge in [0.05, 0.1) is 6.61 Å². The SMILES string of the molecule is CC(C)CNCc1cc(F)cc(OCCO)c1. The molecule has 0 saturated carbocycles. The molecule has 17 heavy (non-hydrogen) atoms. The Morgan fingerprint density at radius 2 is 2.12 bits per heavy atom. The molecule has 0 aliphatic carbocycles. The van der Waals surface area contributed by atoms with E-state index in [9.17, 15) is 4.39 Å². The van der Waals surface area contributed by atoms with Crippen LogP contribution in [0, 0.1) is 11.7 Å². The summed E-state index contributed by atoms with van der Waals surface area (Å²) >= 11 is 0. The minimum Gasteiger partial charge on any atom is -0.491 e. The molecule has 0 bridgehead atoms. The number of hydrogen-bond donors (Lipinski definition) is 2. The Labute approximate surface area is 102 Å². The first-order valence-electron chi connectivity index (χ1n) is 5.85. The van der Waals surface area contributed by atoms with Gasteiger partial charge < -0.3 is 15.2 Å². The van der Waals surface area contributed by atoms with E-state index in [0.717, 1.165) is 12.1 Å². The highest BCUT2D eigenvalue weighted by Gasteiger charge is 2.02. The summed E-state index contributed by atoms with van der Waals surface area (Å²) in [6.07, 6.45) is 0. The summed E-state index contributed by atoms with van der Waals surface area (Å²) in [5.74, 6) is 0.704. The van der Waals surface area contributed by atoms with E-state index < -0.39 is 0 Å². The molecule has 3 nitrogen and oxygen atoms in total. The zero-order valence-electron chi connectivity index (χ0n) is 10.4. The van der Waals surface area contributed by atoms with E-state index in [1.165, 1.54) is 12.1 Å². The van der Waals surface area contributed by atoms with Crippen molar-refractivity contribution >= 4 is 0 Å². The fourth-order valence-electron chi connectivity index (χ4n) is 1.47. The number of hydrogen-bond acceptors (Lipinski definition) is 3.